The second-order valence-corrected chi connectivity index (χ2v) is 5.04. The van der Waals surface area contributed by atoms with Gasteiger partial charge in [0.05, 0.1) is 12.3 Å². The molecule has 0 aliphatic carbocycles. The zero-order valence-electron chi connectivity index (χ0n) is 13.1. The fourth-order valence-corrected chi connectivity index (χ4v) is 2.12. The van der Waals surface area contributed by atoms with Crippen LogP contribution in [0.5, 0.6) is 5.75 Å². The van der Waals surface area contributed by atoms with Crippen molar-refractivity contribution in [3.63, 3.8) is 0 Å². The fraction of sp³-hybridized carbons (Fsp3) is 0.412. The number of nitrogens with one attached hydrogen (secondary N) is 1. The maximum absolute atomic E-state index is 5.78. The zero-order valence-corrected chi connectivity index (χ0v) is 13.1. The van der Waals surface area contributed by atoms with Gasteiger partial charge in [-0.15, -0.1) is 0 Å². The first-order chi connectivity index (χ1) is 10.2. The number of ether oxygens (including phenoxy) is 2. The lowest BCUT2D eigenvalue weighted by Gasteiger charge is -2.13. The average Bonchev–Trinajstić information content (AvgIpc) is 2.95. The Morgan fingerprint density at radius 3 is 2.76 bits per heavy atom. The van der Waals surface area contributed by atoms with Crippen molar-refractivity contribution in [3.05, 3.63) is 47.8 Å². The van der Waals surface area contributed by atoms with Crippen molar-refractivity contribution in [3.8, 4) is 5.75 Å². The normalized spacial score (nSPS) is 10.6. The Balaban J connectivity index is 2.00. The number of methoxy groups -OCH3 is 1. The monoisotopic (exact) mass is 288 g/mol. The van der Waals surface area contributed by atoms with Crippen LogP contribution in [0.25, 0.3) is 0 Å². The van der Waals surface area contributed by atoms with Gasteiger partial charge in [-0.2, -0.15) is 0 Å². The summed E-state index contributed by atoms with van der Waals surface area (Å²) < 4.78 is 13.0. The summed E-state index contributed by atoms with van der Waals surface area (Å²) in [5, 5.41) is 3.44. The second kappa shape index (κ2) is 7.74. The van der Waals surface area contributed by atoms with Crippen LogP contribution < -0.4 is 10.1 Å². The summed E-state index contributed by atoms with van der Waals surface area (Å²) >= 11 is 0. The molecule has 2 rings (SSSR count). The molecule has 0 saturated carbocycles. The number of anilines is 1. The summed E-state index contributed by atoms with van der Waals surface area (Å²) in [4.78, 5) is 0. The van der Waals surface area contributed by atoms with Crippen LogP contribution in [-0.2, 0) is 17.8 Å². The van der Waals surface area contributed by atoms with E-state index in [4.69, 9.17) is 9.47 Å². The molecule has 0 amide bonds. The molecule has 0 atom stereocenters. The number of rotatable bonds is 8. The van der Waals surface area contributed by atoms with Crippen molar-refractivity contribution < 1.29 is 9.47 Å². The van der Waals surface area contributed by atoms with E-state index in [2.05, 4.69) is 60.4 Å². The first kappa shape index (κ1) is 15.4. The molecule has 1 aromatic heterocycles. The van der Waals surface area contributed by atoms with Crippen molar-refractivity contribution in [1.29, 1.82) is 0 Å². The van der Waals surface area contributed by atoms with Crippen molar-refractivity contribution in [1.82, 2.24) is 4.57 Å². The molecule has 0 spiro atoms. The average molecular weight is 288 g/mol. The van der Waals surface area contributed by atoms with E-state index in [1.165, 1.54) is 11.1 Å². The Morgan fingerprint density at radius 2 is 2.05 bits per heavy atom. The molecule has 1 heterocycles. The zero-order chi connectivity index (χ0) is 15.1. The molecule has 4 heteroatoms. The van der Waals surface area contributed by atoms with Crippen LogP contribution in [0.1, 0.15) is 18.1 Å². The summed E-state index contributed by atoms with van der Waals surface area (Å²) in [5.41, 5.74) is 3.46. The number of hydrogen-bond donors (Lipinski definition) is 1. The van der Waals surface area contributed by atoms with Crippen LogP contribution in [0, 0.1) is 6.92 Å². The summed E-state index contributed by atoms with van der Waals surface area (Å²) in [6.07, 6.45) is 4.26. The van der Waals surface area contributed by atoms with Crippen LogP contribution in [-0.4, -0.2) is 24.9 Å². The predicted octanol–water partition coefficient (Wildman–Crippen LogP) is 3.45. The van der Waals surface area contributed by atoms with Crippen molar-refractivity contribution in [2.24, 2.45) is 0 Å². The van der Waals surface area contributed by atoms with E-state index in [0.717, 1.165) is 24.5 Å². The third kappa shape index (κ3) is 4.53. The van der Waals surface area contributed by atoms with Crippen LogP contribution >= 0.6 is 0 Å². The Kier molecular flexibility index (Phi) is 5.69. The van der Waals surface area contributed by atoms with Gasteiger partial charge < -0.3 is 19.4 Å². The molecule has 0 bridgehead atoms. The summed E-state index contributed by atoms with van der Waals surface area (Å²) in [7, 11) is 1.68. The third-order valence-corrected chi connectivity index (χ3v) is 3.34. The van der Waals surface area contributed by atoms with E-state index in [9.17, 15) is 0 Å². The molecule has 1 N–H and O–H groups in total. The molecule has 114 valence electrons. The molecular weight excluding hydrogens is 264 g/mol. The molecule has 0 aliphatic rings. The summed E-state index contributed by atoms with van der Waals surface area (Å²) in [6.45, 7) is 7.13. The van der Waals surface area contributed by atoms with Gasteiger partial charge in [0.1, 0.15) is 12.4 Å². The minimum absolute atomic E-state index is 0.556. The van der Waals surface area contributed by atoms with Gasteiger partial charge in [-0.1, -0.05) is 6.07 Å². The molecule has 0 unspecified atom stereocenters. The van der Waals surface area contributed by atoms with Crippen LogP contribution in [0.3, 0.4) is 0 Å². The molecule has 0 aliphatic heterocycles. The van der Waals surface area contributed by atoms with Gasteiger partial charge in [0.15, 0.2) is 0 Å². The van der Waals surface area contributed by atoms with Crippen LogP contribution in [0.4, 0.5) is 5.69 Å². The van der Waals surface area contributed by atoms with Gasteiger partial charge in [-0.25, -0.2) is 0 Å². The highest BCUT2D eigenvalue weighted by atomic mass is 16.5. The smallest absolute Gasteiger partial charge is 0.142 e. The van der Waals surface area contributed by atoms with Crippen LogP contribution in [0.2, 0.25) is 0 Å². The SMILES string of the molecule is CCn1ccc(CNc2ccc(C)cc2OCCOC)c1. The molecule has 0 saturated heterocycles. The summed E-state index contributed by atoms with van der Waals surface area (Å²) in [6, 6.07) is 8.34. The van der Waals surface area contributed by atoms with Crippen molar-refractivity contribution in [2.45, 2.75) is 26.9 Å². The van der Waals surface area contributed by atoms with Gasteiger partial charge in [-0.3, -0.25) is 0 Å². The minimum atomic E-state index is 0.556. The van der Waals surface area contributed by atoms with Gasteiger partial charge in [0, 0.05) is 32.6 Å². The third-order valence-electron chi connectivity index (χ3n) is 3.34. The highest BCUT2D eigenvalue weighted by molar-refractivity contribution is 5.57. The number of benzene rings is 1. The minimum Gasteiger partial charge on any atom is -0.489 e. The summed E-state index contributed by atoms with van der Waals surface area (Å²) in [5.74, 6) is 0.877. The number of hydrogen-bond acceptors (Lipinski definition) is 3. The molecule has 4 nitrogen and oxygen atoms in total. The number of aryl methyl sites for hydroxylation is 2. The van der Waals surface area contributed by atoms with E-state index >= 15 is 0 Å². The Labute approximate surface area is 126 Å². The highest BCUT2D eigenvalue weighted by Crippen LogP contribution is 2.26. The van der Waals surface area contributed by atoms with Gasteiger partial charge in [0.25, 0.3) is 0 Å². The Bertz CT molecular complexity index is 564. The number of nitrogens with zero attached hydrogens (tertiary/aromatic N) is 1. The van der Waals surface area contributed by atoms with Gasteiger partial charge in [-0.05, 0) is 43.2 Å². The molecule has 0 fully saturated rings. The maximum atomic E-state index is 5.78. The first-order valence-electron chi connectivity index (χ1n) is 7.34. The van der Waals surface area contributed by atoms with Crippen LogP contribution in [0.15, 0.2) is 36.7 Å². The molecular formula is C17H24N2O2. The van der Waals surface area contributed by atoms with Crippen molar-refractivity contribution >= 4 is 5.69 Å². The first-order valence-corrected chi connectivity index (χ1v) is 7.34. The topological polar surface area (TPSA) is 35.4 Å². The maximum Gasteiger partial charge on any atom is 0.142 e. The van der Waals surface area contributed by atoms with E-state index in [1.807, 2.05) is 0 Å². The predicted molar refractivity (Wildman–Crippen MR) is 86.0 cm³/mol. The molecule has 21 heavy (non-hydrogen) atoms. The molecule has 2 aromatic rings. The van der Waals surface area contributed by atoms with E-state index < -0.39 is 0 Å². The fourth-order valence-electron chi connectivity index (χ4n) is 2.12. The largest absolute Gasteiger partial charge is 0.489 e. The van der Waals surface area contributed by atoms with Gasteiger partial charge >= 0.3 is 0 Å². The quantitative estimate of drug-likeness (QED) is 0.756. The number of aromatic nitrogens is 1. The van der Waals surface area contributed by atoms with E-state index in [1.54, 1.807) is 7.11 Å². The Morgan fingerprint density at radius 1 is 1.19 bits per heavy atom. The van der Waals surface area contributed by atoms with E-state index in [0.29, 0.717) is 13.2 Å². The standard InChI is InChI=1S/C17H24N2O2/c1-4-19-8-7-15(13-19)12-18-16-6-5-14(2)11-17(16)21-10-9-20-3/h5-8,11,13,18H,4,9-10,12H2,1-3H3. The molecule has 0 radical (unpaired) electrons. The van der Waals surface area contributed by atoms with Gasteiger partial charge in [0.2, 0.25) is 0 Å². The second-order valence-electron chi connectivity index (χ2n) is 5.04. The molecule has 1 aromatic carbocycles. The Hall–Kier alpha value is -1.94. The lowest BCUT2D eigenvalue weighted by atomic mass is 10.2. The highest BCUT2D eigenvalue weighted by Gasteiger charge is 2.05. The van der Waals surface area contributed by atoms with Crippen molar-refractivity contribution in [2.75, 3.05) is 25.6 Å². The lowest BCUT2D eigenvalue weighted by molar-refractivity contribution is 0.146. The lowest BCUT2D eigenvalue weighted by Crippen LogP contribution is -2.07. The van der Waals surface area contributed by atoms with E-state index in [-0.39, 0.29) is 0 Å².